The second-order valence-electron chi connectivity index (χ2n) is 6.76. The van der Waals surface area contributed by atoms with Gasteiger partial charge in [0.1, 0.15) is 5.82 Å². The SMILES string of the molecule is CC1CC(C)(C)CCC1(CN)Nc1ccc(F)cc1. The van der Waals surface area contributed by atoms with E-state index >= 15 is 0 Å². The van der Waals surface area contributed by atoms with Crippen molar-refractivity contribution in [2.75, 3.05) is 11.9 Å². The maximum Gasteiger partial charge on any atom is 0.123 e. The predicted octanol–water partition coefficient (Wildman–Crippen LogP) is 3.78. The zero-order valence-corrected chi connectivity index (χ0v) is 12.2. The largest absolute Gasteiger partial charge is 0.378 e. The van der Waals surface area contributed by atoms with Crippen LogP contribution in [0.5, 0.6) is 0 Å². The summed E-state index contributed by atoms with van der Waals surface area (Å²) in [7, 11) is 0. The van der Waals surface area contributed by atoms with E-state index < -0.39 is 0 Å². The highest BCUT2D eigenvalue weighted by molar-refractivity contribution is 5.46. The van der Waals surface area contributed by atoms with Gasteiger partial charge in [-0.05, 0) is 54.9 Å². The van der Waals surface area contributed by atoms with Crippen LogP contribution in [0.3, 0.4) is 0 Å². The van der Waals surface area contributed by atoms with Crippen LogP contribution in [0.2, 0.25) is 0 Å². The monoisotopic (exact) mass is 264 g/mol. The Balaban J connectivity index is 2.17. The molecule has 0 bridgehead atoms. The fraction of sp³-hybridized carbons (Fsp3) is 0.625. The van der Waals surface area contributed by atoms with Crippen molar-refractivity contribution in [1.82, 2.24) is 0 Å². The van der Waals surface area contributed by atoms with Crippen molar-refractivity contribution in [3.8, 4) is 0 Å². The zero-order chi connectivity index (χ0) is 14.1. The van der Waals surface area contributed by atoms with E-state index in [1.54, 1.807) is 12.1 Å². The van der Waals surface area contributed by atoms with E-state index in [0.29, 0.717) is 17.9 Å². The lowest BCUT2D eigenvalue weighted by atomic mass is 9.63. The Morgan fingerprint density at radius 2 is 1.89 bits per heavy atom. The van der Waals surface area contributed by atoms with Crippen LogP contribution in [0.15, 0.2) is 24.3 Å². The van der Waals surface area contributed by atoms with Crippen LogP contribution in [-0.4, -0.2) is 12.1 Å². The summed E-state index contributed by atoms with van der Waals surface area (Å²) in [5.41, 5.74) is 7.34. The summed E-state index contributed by atoms with van der Waals surface area (Å²) in [5, 5.41) is 3.57. The predicted molar refractivity (Wildman–Crippen MR) is 78.6 cm³/mol. The van der Waals surface area contributed by atoms with Gasteiger partial charge in [0.25, 0.3) is 0 Å². The summed E-state index contributed by atoms with van der Waals surface area (Å²) in [6, 6.07) is 6.56. The third-order valence-electron chi connectivity index (χ3n) is 4.65. The average molecular weight is 264 g/mol. The first-order valence-corrected chi connectivity index (χ1v) is 7.11. The molecule has 1 fully saturated rings. The first-order chi connectivity index (χ1) is 8.87. The van der Waals surface area contributed by atoms with Crippen LogP contribution in [0.4, 0.5) is 10.1 Å². The number of nitrogens with one attached hydrogen (secondary N) is 1. The summed E-state index contributed by atoms with van der Waals surface area (Å²) in [6.07, 6.45) is 3.40. The van der Waals surface area contributed by atoms with Gasteiger partial charge in [0.05, 0.1) is 5.54 Å². The Morgan fingerprint density at radius 3 is 2.42 bits per heavy atom. The highest BCUT2D eigenvalue weighted by atomic mass is 19.1. The Labute approximate surface area is 115 Å². The van der Waals surface area contributed by atoms with Crippen molar-refractivity contribution in [1.29, 1.82) is 0 Å². The van der Waals surface area contributed by atoms with Crippen molar-refractivity contribution in [3.63, 3.8) is 0 Å². The molecule has 2 unspecified atom stereocenters. The van der Waals surface area contributed by atoms with Crippen molar-refractivity contribution in [2.45, 2.75) is 45.6 Å². The van der Waals surface area contributed by atoms with Crippen LogP contribution in [0, 0.1) is 17.2 Å². The Hall–Kier alpha value is -1.09. The number of anilines is 1. The average Bonchev–Trinajstić information content (AvgIpc) is 2.35. The van der Waals surface area contributed by atoms with E-state index in [-0.39, 0.29) is 11.4 Å². The fourth-order valence-corrected chi connectivity index (χ4v) is 3.29. The van der Waals surface area contributed by atoms with E-state index in [1.807, 2.05) is 0 Å². The Bertz CT molecular complexity index is 427. The molecule has 0 aromatic heterocycles. The molecule has 2 rings (SSSR count). The topological polar surface area (TPSA) is 38.0 Å². The lowest BCUT2D eigenvalue weighted by Crippen LogP contribution is -2.54. The third-order valence-corrected chi connectivity index (χ3v) is 4.65. The molecule has 19 heavy (non-hydrogen) atoms. The lowest BCUT2D eigenvalue weighted by Gasteiger charge is -2.49. The van der Waals surface area contributed by atoms with Gasteiger partial charge >= 0.3 is 0 Å². The molecule has 1 aromatic carbocycles. The van der Waals surface area contributed by atoms with Gasteiger partial charge in [-0.1, -0.05) is 20.8 Å². The molecule has 0 radical (unpaired) electrons. The summed E-state index contributed by atoms with van der Waals surface area (Å²) < 4.78 is 13.0. The quantitative estimate of drug-likeness (QED) is 0.872. The van der Waals surface area contributed by atoms with E-state index in [4.69, 9.17) is 5.73 Å². The van der Waals surface area contributed by atoms with Gasteiger partial charge in [-0.15, -0.1) is 0 Å². The number of hydrogen-bond donors (Lipinski definition) is 2. The second kappa shape index (κ2) is 5.12. The summed E-state index contributed by atoms with van der Waals surface area (Å²) in [4.78, 5) is 0. The van der Waals surface area contributed by atoms with Gasteiger partial charge in [0, 0.05) is 12.2 Å². The molecule has 0 aliphatic heterocycles. The van der Waals surface area contributed by atoms with Crippen molar-refractivity contribution in [2.24, 2.45) is 17.1 Å². The smallest absolute Gasteiger partial charge is 0.123 e. The van der Waals surface area contributed by atoms with Gasteiger partial charge in [-0.2, -0.15) is 0 Å². The molecule has 3 heteroatoms. The van der Waals surface area contributed by atoms with Crippen LogP contribution in [0.1, 0.15) is 40.0 Å². The molecule has 106 valence electrons. The molecule has 1 aliphatic rings. The van der Waals surface area contributed by atoms with Crippen LogP contribution < -0.4 is 11.1 Å². The van der Waals surface area contributed by atoms with Crippen LogP contribution in [0.25, 0.3) is 0 Å². The summed E-state index contributed by atoms with van der Waals surface area (Å²) in [6.45, 7) is 7.52. The molecule has 1 saturated carbocycles. The zero-order valence-electron chi connectivity index (χ0n) is 12.2. The molecule has 0 heterocycles. The number of nitrogens with two attached hydrogens (primary N) is 1. The molecular weight excluding hydrogens is 239 g/mol. The lowest BCUT2D eigenvalue weighted by molar-refractivity contribution is 0.120. The van der Waals surface area contributed by atoms with E-state index in [2.05, 4.69) is 26.1 Å². The van der Waals surface area contributed by atoms with Gasteiger partial charge in [0.15, 0.2) is 0 Å². The fourth-order valence-electron chi connectivity index (χ4n) is 3.29. The number of benzene rings is 1. The van der Waals surface area contributed by atoms with E-state index in [1.165, 1.54) is 25.0 Å². The molecule has 3 N–H and O–H groups in total. The molecule has 0 amide bonds. The van der Waals surface area contributed by atoms with E-state index in [0.717, 1.165) is 12.1 Å². The highest BCUT2D eigenvalue weighted by Gasteiger charge is 2.42. The molecule has 2 nitrogen and oxygen atoms in total. The van der Waals surface area contributed by atoms with Crippen molar-refractivity contribution < 1.29 is 4.39 Å². The molecule has 1 aromatic rings. The maximum absolute atomic E-state index is 13.0. The molecule has 1 aliphatic carbocycles. The summed E-state index contributed by atoms with van der Waals surface area (Å²) >= 11 is 0. The first kappa shape index (κ1) is 14.3. The minimum absolute atomic E-state index is 0.0622. The first-order valence-electron chi connectivity index (χ1n) is 7.11. The molecular formula is C16H25FN2. The minimum Gasteiger partial charge on any atom is -0.378 e. The standard InChI is InChI=1S/C16H25FN2/c1-12-10-15(2,3)8-9-16(12,11-18)19-14-6-4-13(17)5-7-14/h4-7,12,19H,8-11,18H2,1-3H3. The summed E-state index contributed by atoms with van der Waals surface area (Å²) in [5.74, 6) is 0.302. The van der Waals surface area contributed by atoms with Crippen LogP contribution in [-0.2, 0) is 0 Å². The Kier molecular flexibility index (Phi) is 3.86. The van der Waals surface area contributed by atoms with Gasteiger partial charge < -0.3 is 11.1 Å². The normalized spacial score (nSPS) is 30.1. The van der Waals surface area contributed by atoms with Crippen LogP contribution >= 0.6 is 0 Å². The van der Waals surface area contributed by atoms with Crippen molar-refractivity contribution in [3.05, 3.63) is 30.1 Å². The number of halogens is 1. The van der Waals surface area contributed by atoms with Crippen molar-refractivity contribution >= 4 is 5.69 Å². The molecule has 0 saturated heterocycles. The van der Waals surface area contributed by atoms with Gasteiger partial charge in [0.2, 0.25) is 0 Å². The number of hydrogen-bond acceptors (Lipinski definition) is 2. The van der Waals surface area contributed by atoms with E-state index in [9.17, 15) is 4.39 Å². The Morgan fingerprint density at radius 1 is 1.26 bits per heavy atom. The molecule has 2 atom stereocenters. The minimum atomic E-state index is -0.204. The highest BCUT2D eigenvalue weighted by Crippen LogP contribution is 2.44. The second-order valence-corrected chi connectivity index (χ2v) is 6.76. The number of rotatable bonds is 3. The maximum atomic E-state index is 13.0. The molecule has 0 spiro atoms. The van der Waals surface area contributed by atoms with Gasteiger partial charge in [-0.3, -0.25) is 0 Å². The third kappa shape index (κ3) is 3.08. The van der Waals surface area contributed by atoms with Gasteiger partial charge in [-0.25, -0.2) is 4.39 Å².